The minimum absolute atomic E-state index is 0.177. The molecule has 0 heterocycles. The van der Waals surface area contributed by atoms with Gasteiger partial charge in [-0.1, -0.05) is 42.8 Å². The van der Waals surface area contributed by atoms with Gasteiger partial charge in [0.25, 0.3) is 0 Å². The monoisotopic (exact) mass is 257 g/mol. The second kappa shape index (κ2) is 6.48. The fourth-order valence-electron chi connectivity index (χ4n) is 2.12. The smallest absolute Gasteiger partial charge is 0.123 e. The summed E-state index contributed by atoms with van der Waals surface area (Å²) in [5, 5.41) is 3.33. The highest BCUT2D eigenvalue weighted by Crippen LogP contribution is 2.25. The molecular weight excluding hydrogens is 237 g/mol. The summed E-state index contributed by atoms with van der Waals surface area (Å²) in [6.45, 7) is 5.84. The Balaban J connectivity index is 2.30. The molecule has 2 aromatic rings. The van der Waals surface area contributed by atoms with Crippen LogP contribution in [-0.4, -0.2) is 6.54 Å². The normalized spacial score (nSPS) is 10.7. The van der Waals surface area contributed by atoms with E-state index in [4.69, 9.17) is 0 Å². The van der Waals surface area contributed by atoms with Gasteiger partial charge >= 0.3 is 0 Å². The molecule has 0 fully saturated rings. The van der Waals surface area contributed by atoms with Crippen molar-refractivity contribution in [2.45, 2.75) is 26.8 Å². The van der Waals surface area contributed by atoms with Crippen LogP contribution in [-0.2, 0) is 6.54 Å². The molecule has 0 aromatic heterocycles. The summed E-state index contributed by atoms with van der Waals surface area (Å²) in [5.41, 5.74) is 4.48. The van der Waals surface area contributed by atoms with Crippen molar-refractivity contribution >= 4 is 0 Å². The molecule has 0 aliphatic rings. The Hall–Kier alpha value is -1.67. The van der Waals surface area contributed by atoms with E-state index in [2.05, 4.69) is 43.4 Å². The molecule has 0 bridgehead atoms. The van der Waals surface area contributed by atoms with Crippen LogP contribution < -0.4 is 5.32 Å². The topological polar surface area (TPSA) is 12.0 Å². The first kappa shape index (κ1) is 13.8. The van der Waals surface area contributed by atoms with Gasteiger partial charge in [0.15, 0.2) is 0 Å². The molecule has 0 saturated carbocycles. The number of hydrogen-bond acceptors (Lipinski definition) is 1. The molecule has 0 unspecified atom stereocenters. The number of halogens is 1. The fraction of sp³-hybridized carbons (Fsp3) is 0.294. The summed E-state index contributed by atoms with van der Waals surface area (Å²) >= 11 is 0. The van der Waals surface area contributed by atoms with E-state index >= 15 is 0 Å². The van der Waals surface area contributed by atoms with Crippen LogP contribution >= 0.6 is 0 Å². The molecule has 0 aliphatic carbocycles. The van der Waals surface area contributed by atoms with Gasteiger partial charge in [0.1, 0.15) is 5.82 Å². The lowest BCUT2D eigenvalue weighted by Gasteiger charge is -2.11. The second-order valence-electron chi connectivity index (χ2n) is 4.84. The van der Waals surface area contributed by atoms with Gasteiger partial charge in [-0.15, -0.1) is 0 Å². The van der Waals surface area contributed by atoms with E-state index in [9.17, 15) is 4.39 Å². The van der Waals surface area contributed by atoms with Gasteiger partial charge in [0.2, 0.25) is 0 Å². The lowest BCUT2D eigenvalue weighted by atomic mass is 9.98. The lowest BCUT2D eigenvalue weighted by molar-refractivity contribution is 0.619. The van der Waals surface area contributed by atoms with Crippen LogP contribution in [0.1, 0.15) is 24.5 Å². The van der Waals surface area contributed by atoms with Crippen molar-refractivity contribution in [2.75, 3.05) is 6.54 Å². The van der Waals surface area contributed by atoms with Crippen LogP contribution in [0.4, 0.5) is 4.39 Å². The van der Waals surface area contributed by atoms with Crippen molar-refractivity contribution in [3.05, 3.63) is 59.4 Å². The fourth-order valence-corrected chi connectivity index (χ4v) is 2.12. The third-order valence-corrected chi connectivity index (χ3v) is 3.17. The first-order chi connectivity index (χ1) is 9.20. The molecule has 1 N–H and O–H groups in total. The summed E-state index contributed by atoms with van der Waals surface area (Å²) in [6.07, 6.45) is 1.08. The zero-order chi connectivity index (χ0) is 13.7. The predicted octanol–water partition coefficient (Wildman–Crippen LogP) is 4.30. The molecule has 0 atom stereocenters. The Labute approximate surface area is 114 Å². The molecule has 1 nitrogen and oxygen atoms in total. The van der Waals surface area contributed by atoms with Gasteiger partial charge in [-0.25, -0.2) is 4.39 Å². The average Bonchev–Trinajstić information content (AvgIpc) is 2.41. The maximum absolute atomic E-state index is 13.4. The Morgan fingerprint density at radius 1 is 1.05 bits per heavy atom. The highest BCUT2D eigenvalue weighted by atomic mass is 19.1. The SMILES string of the molecule is CCCNCc1cc(F)ccc1-c1ccc(C)cc1. The van der Waals surface area contributed by atoms with Gasteiger partial charge in [-0.05, 0) is 48.7 Å². The third-order valence-electron chi connectivity index (χ3n) is 3.17. The highest BCUT2D eigenvalue weighted by molar-refractivity contribution is 5.67. The number of nitrogens with one attached hydrogen (secondary N) is 1. The highest BCUT2D eigenvalue weighted by Gasteiger charge is 2.06. The van der Waals surface area contributed by atoms with Gasteiger partial charge in [0.05, 0.1) is 0 Å². The molecule has 0 amide bonds. The van der Waals surface area contributed by atoms with Crippen LogP contribution in [0.2, 0.25) is 0 Å². The first-order valence-electron chi connectivity index (χ1n) is 6.77. The molecular formula is C17H20FN. The van der Waals surface area contributed by atoms with E-state index < -0.39 is 0 Å². The minimum atomic E-state index is -0.177. The van der Waals surface area contributed by atoms with Crippen LogP contribution in [0, 0.1) is 12.7 Å². The van der Waals surface area contributed by atoms with Gasteiger partial charge in [-0.3, -0.25) is 0 Å². The van der Waals surface area contributed by atoms with Crippen LogP contribution in [0.5, 0.6) is 0 Å². The number of aryl methyl sites for hydroxylation is 1. The second-order valence-corrected chi connectivity index (χ2v) is 4.84. The largest absolute Gasteiger partial charge is 0.313 e. The van der Waals surface area contributed by atoms with Crippen molar-refractivity contribution in [3.63, 3.8) is 0 Å². The Kier molecular flexibility index (Phi) is 4.69. The number of hydrogen-bond donors (Lipinski definition) is 1. The van der Waals surface area contributed by atoms with E-state index in [-0.39, 0.29) is 5.82 Å². The molecule has 2 heteroatoms. The minimum Gasteiger partial charge on any atom is -0.313 e. The van der Waals surface area contributed by atoms with Crippen LogP contribution in [0.3, 0.4) is 0 Å². The standard InChI is InChI=1S/C17H20FN/c1-3-10-19-12-15-11-16(18)8-9-17(15)14-6-4-13(2)5-7-14/h4-9,11,19H,3,10,12H2,1-2H3. The van der Waals surface area contributed by atoms with E-state index in [0.29, 0.717) is 6.54 Å². The number of rotatable bonds is 5. The summed E-state index contributed by atoms with van der Waals surface area (Å²) < 4.78 is 13.4. The van der Waals surface area contributed by atoms with Gasteiger partial charge in [0, 0.05) is 6.54 Å². The lowest BCUT2D eigenvalue weighted by Crippen LogP contribution is -2.14. The Morgan fingerprint density at radius 2 is 1.79 bits per heavy atom. The van der Waals surface area contributed by atoms with E-state index in [1.807, 2.05) is 6.07 Å². The summed E-state index contributed by atoms with van der Waals surface area (Å²) in [7, 11) is 0. The molecule has 2 rings (SSSR count). The van der Waals surface area contributed by atoms with Crippen molar-refractivity contribution in [3.8, 4) is 11.1 Å². The van der Waals surface area contributed by atoms with Crippen LogP contribution in [0.15, 0.2) is 42.5 Å². The average molecular weight is 257 g/mol. The predicted molar refractivity (Wildman–Crippen MR) is 78.6 cm³/mol. The quantitative estimate of drug-likeness (QED) is 0.787. The molecule has 100 valence electrons. The van der Waals surface area contributed by atoms with Crippen LogP contribution in [0.25, 0.3) is 11.1 Å². The molecule has 0 radical (unpaired) electrons. The molecule has 0 aliphatic heterocycles. The van der Waals surface area contributed by atoms with E-state index in [1.54, 1.807) is 6.07 Å². The summed E-state index contributed by atoms with van der Waals surface area (Å²) in [5.74, 6) is -0.177. The zero-order valence-electron chi connectivity index (χ0n) is 11.5. The van der Waals surface area contributed by atoms with Crippen molar-refractivity contribution in [1.82, 2.24) is 5.32 Å². The van der Waals surface area contributed by atoms with Crippen molar-refractivity contribution in [2.24, 2.45) is 0 Å². The van der Waals surface area contributed by atoms with E-state index in [0.717, 1.165) is 29.7 Å². The molecule has 0 saturated heterocycles. The van der Waals surface area contributed by atoms with Gasteiger partial charge < -0.3 is 5.32 Å². The number of benzene rings is 2. The molecule has 0 spiro atoms. The van der Waals surface area contributed by atoms with Crippen molar-refractivity contribution < 1.29 is 4.39 Å². The first-order valence-corrected chi connectivity index (χ1v) is 6.77. The maximum Gasteiger partial charge on any atom is 0.123 e. The zero-order valence-corrected chi connectivity index (χ0v) is 11.5. The Bertz CT molecular complexity index is 531. The third kappa shape index (κ3) is 3.65. The van der Waals surface area contributed by atoms with E-state index in [1.165, 1.54) is 11.6 Å². The maximum atomic E-state index is 13.4. The van der Waals surface area contributed by atoms with Crippen molar-refractivity contribution in [1.29, 1.82) is 0 Å². The Morgan fingerprint density at radius 3 is 2.47 bits per heavy atom. The molecule has 2 aromatic carbocycles. The summed E-state index contributed by atoms with van der Waals surface area (Å²) in [6, 6.07) is 13.4. The summed E-state index contributed by atoms with van der Waals surface area (Å²) in [4.78, 5) is 0. The molecule has 19 heavy (non-hydrogen) atoms. The van der Waals surface area contributed by atoms with Gasteiger partial charge in [-0.2, -0.15) is 0 Å².